The third-order valence-corrected chi connectivity index (χ3v) is 7.50. The van der Waals surface area contributed by atoms with Crippen molar-refractivity contribution in [3.8, 4) is 0 Å². The van der Waals surface area contributed by atoms with Crippen LogP contribution in [0.4, 0.5) is 0 Å². The van der Waals surface area contributed by atoms with Crippen LogP contribution in [0.25, 0.3) is 0 Å². The summed E-state index contributed by atoms with van der Waals surface area (Å²) in [5.74, 6) is 0.273. The first-order chi connectivity index (χ1) is 12.9. The van der Waals surface area contributed by atoms with Crippen LogP contribution in [0.2, 0.25) is 0 Å². The minimum atomic E-state index is -0.424. The molecular weight excluding hydrogens is 378 g/mol. The van der Waals surface area contributed by atoms with Gasteiger partial charge in [0.25, 0.3) is 0 Å². The minimum absolute atomic E-state index is 0.0567. The van der Waals surface area contributed by atoms with E-state index >= 15 is 0 Å². The average molecular weight is 430 g/mol. The fourth-order valence-electron chi connectivity index (χ4n) is 1.89. The molecule has 30 heavy (non-hydrogen) atoms. The second-order valence-electron chi connectivity index (χ2n) is 11.4. The van der Waals surface area contributed by atoms with Crippen LogP contribution in [0.1, 0.15) is 96.9 Å². The van der Waals surface area contributed by atoms with Crippen molar-refractivity contribution >= 4 is 17.7 Å². The number of nitrogens with two attached hydrogens (primary N) is 3. The second-order valence-corrected chi connectivity index (χ2v) is 11.4. The van der Waals surface area contributed by atoms with Crippen LogP contribution < -0.4 is 17.2 Å². The molecule has 0 aliphatic rings. The van der Waals surface area contributed by atoms with Crippen molar-refractivity contribution in [3.63, 3.8) is 0 Å². The van der Waals surface area contributed by atoms with Crippen molar-refractivity contribution in [1.29, 1.82) is 0 Å². The molecule has 0 radical (unpaired) electrons. The van der Waals surface area contributed by atoms with Crippen molar-refractivity contribution in [3.05, 3.63) is 0 Å². The molecule has 0 atom stereocenters. The predicted octanol–water partition coefficient (Wildman–Crippen LogP) is 4.49. The summed E-state index contributed by atoms with van der Waals surface area (Å²) in [7, 11) is 0. The van der Waals surface area contributed by atoms with Crippen LogP contribution in [0, 0.1) is 39.4 Å². The molecule has 0 aliphatic heterocycles. The zero-order chi connectivity index (χ0) is 25.5. The third kappa shape index (κ3) is 9.05. The Morgan fingerprint density at radius 1 is 0.533 bits per heavy atom. The fraction of sp³-hybridized carbons (Fsp3) is 0.875. The zero-order valence-corrected chi connectivity index (χ0v) is 22.2. The van der Waals surface area contributed by atoms with Gasteiger partial charge in [0, 0.05) is 10.8 Å². The summed E-state index contributed by atoms with van der Waals surface area (Å²) >= 11 is 0. The highest BCUT2D eigenvalue weighted by Crippen LogP contribution is 2.37. The van der Waals surface area contributed by atoms with Crippen molar-refractivity contribution in [2.24, 2.45) is 56.6 Å². The molecule has 180 valence electrons. The standard InChI is InChI=1S/C9H19NO.C8H17NO.C7H15NO/c1-6(2)9(5,7(3)4)8(10)11;1-7(2,3)8(4,5)6(9)10;1-5(2)7(3,4)6(8)9/h6-7H,1-5H3,(H2,10,11);1-5H3,(H2,9,10);5H,1-4H3,(H2,8,9). The minimum Gasteiger partial charge on any atom is -0.369 e. The lowest BCUT2D eigenvalue weighted by Crippen LogP contribution is -2.42. The highest BCUT2D eigenvalue weighted by atomic mass is 16.2. The number of hydrogen-bond donors (Lipinski definition) is 3. The summed E-state index contributed by atoms with van der Waals surface area (Å²) in [5.41, 5.74) is 14.5. The summed E-state index contributed by atoms with van der Waals surface area (Å²) < 4.78 is 0. The molecule has 0 bridgehead atoms. The van der Waals surface area contributed by atoms with Crippen LogP contribution in [-0.4, -0.2) is 17.7 Å². The number of rotatable bonds is 6. The molecule has 0 saturated heterocycles. The van der Waals surface area contributed by atoms with Crippen molar-refractivity contribution in [1.82, 2.24) is 0 Å². The molecule has 0 fully saturated rings. The van der Waals surface area contributed by atoms with Gasteiger partial charge >= 0.3 is 0 Å². The Hall–Kier alpha value is -1.59. The molecule has 0 spiro atoms. The lowest BCUT2D eigenvalue weighted by Gasteiger charge is -2.35. The van der Waals surface area contributed by atoms with Gasteiger partial charge in [0.15, 0.2) is 0 Å². The van der Waals surface area contributed by atoms with Crippen LogP contribution in [0.5, 0.6) is 0 Å². The molecule has 0 unspecified atom stereocenters. The summed E-state index contributed by atoms with van der Waals surface area (Å²) in [6, 6.07) is 0. The van der Waals surface area contributed by atoms with Gasteiger partial charge in [0.2, 0.25) is 17.7 Å². The van der Waals surface area contributed by atoms with E-state index in [4.69, 9.17) is 17.2 Å². The third-order valence-electron chi connectivity index (χ3n) is 7.50. The quantitative estimate of drug-likeness (QED) is 0.575. The Labute approximate surface area is 186 Å². The molecule has 0 heterocycles. The van der Waals surface area contributed by atoms with E-state index in [-0.39, 0.29) is 34.0 Å². The monoisotopic (exact) mass is 429 g/mol. The molecule has 0 aromatic rings. The van der Waals surface area contributed by atoms with Gasteiger partial charge in [-0.15, -0.1) is 0 Å². The van der Waals surface area contributed by atoms with E-state index in [0.717, 1.165) is 0 Å². The van der Waals surface area contributed by atoms with Crippen LogP contribution in [0.15, 0.2) is 0 Å². The summed E-state index contributed by atoms with van der Waals surface area (Å²) in [6.07, 6.45) is 0. The maximum absolute atomic E-state index is 11.1. The van der Waals surface area contributed by atoms with Gasteiger partial charge < -0.3 is 17.2 Å². The number of amides is 3. The van der Waals surface area contributed by atoms with E-state index in [0.29, 0.717) is 17.8 Å². The largest absolute Gasteiger partial charge is 0.369 e. The molecule has 3 amide bonds. The lowest BCUT2D eigenvalue weighted by molar-refractivity contribution is -0.132. The molecule has 0 rings (SSSR count). The van der Waals surface area contributed by atoms with Gasteiger partial charge in [-0.2, -0.15) is 0 Å². The highest BCUT2D eigenvalue weighted by Gasteiger charge is 2.38. The smallest absolute Gasteiger partial charge is 0.223 e. The van der Waals surface area contributed by atoms with E-state index in [1.54, 1.807) is 0 Å². The zero-order valence-electron chi connectivity index (χ0n) is 22.2. The first-order valence-corrected chi connectivity index (χ1v) is 10.8. The van der Waals surface area contributed by atoms with Gasteiger partial charge in [-0.1, -0.05) is 96.9 Å². The summed E-state index contributed by atoms with van der Waals surface area (Å²) in [5, 5.41) is 0. The van der Waals surface area contributed by atoms with E-state index < -0.39 is 5.41 Å². The maximum atomic E-state index is 11.1. The molecule has 0 aromatic carbocycles. The number of primary amides is 3. The topological polar surface area (TPSA) is 129 Å². The van der Waals surface area contributed by atoms with Gasteiger partial charge in [0.1, 0.15) is 0 Å². The van der Waals surface area contributed by atoms with Gasteiger partial charge in [-0.3, -0.25) is 14.4 Å². The molecule has 0 saturated carbocycles. The molecule has 0 aliphatic carbocycles. The molecule has 6 nitrogen and oxygen atoms in total. The Bertz CT molecular complexity index is 561. The second kappa shape index (κ2) is 11.7. The molecular formula is C24H51N3O3. The van der Waals surface area contributed by atoms with Gasteiger partial charge in [-0.05, 0) is 23.2 Å². The number of carbonyl (C=O) groups is 3. The van der Waals surface area contributed by atoms with Crippen molar-refractivity contribution in [2.75, 3.05) is 0 Å². The first-order valence-electron chi connectivity index (χ1n) is 10.8. The number of carbonyl (C=O) groups excluding carboxylic acids is 3. The fourth-order valence-corrected chi connectivity index (χ4v) is 1.89. The van der Waals surface area contributed by atoms with Gasteiger partial charge in [0.05, 0.1) is 5.41 Å². The van der Waals surface area contributed by atoms with E-state index in [9.17, 15) is 14.4 Å². The lowest BCUT2D eigenvalue weighted by atomic mass is 9.69. The van der Waals surface area contributed by atoms with Crippen LogP contribution in [0.3, 0.4) is 0 Å². The van der Waals surface area contributed by atoms with Gasteiger partial charge in [-0.25, -0.2) is 0 Å². The molecule has 6 heteroatoms. The van der Waals surface area contributed by atoms with Crippen LogP contribution >= 0.6 is 0 Å². The Kier molecular flexibility index (Phi) is 12.9. The normalized spacial score (nSPS) is 12.7. The van der Waals surface area contributed by atoms with E-state index in [1.807, 2.05) is 96.9 Å². The van der Waals surface area contributed by atoms with E-state index in [2.05, 4.69) is 0 Å². The van der Waals surface area contributed by atoms with Crippen molar-refractivity contribution in [2.45, 2.75) is 96.9 Å². The Morgan fingerprint density at radius 3 is 0.833 bits per heavy atom. The molecule has 0 aromatic heterocycles. The van der Waals surface area contributed by atoms with Crippen molar-refractivity contribution < 1.29 is 14.4 Å². The Balaban J connectivity index is -0.000000366. The summed E-state index contributed by atoms with van der Waals surface area (Å²) in [6.45, 7) is 27.5. The Morgan fingerprint density at radius 2 is 0.833 bits per heavy atom. The summed E-state index contributed by atoms with van der Waals surface area (Å²) in [4.78, 5) is 32.7. The highest BCUT2D eigenvalue weighted by molar-refractivity contribution is 5.81. The predicted molar refractivity (Wildman–Crippen MR) is 127 cm³/mol. The maximum Gasteiger partial charge on any atom is 0.223 e. The van der Waals surface area contributed by atoms with E-state index in [1.165, 1.54) is 0 Å². The molecule has 6 N–H and O–H groups in total. The number of hydrogen-bond acceptors (Lipinski definition) is 3. The van der Waals surface area contributed by atoms with Crippen LogP contribution in [-0.2, 0) is 14.4 Å². The average Bonchev–Trinajstić information content (AvgIpc) is 2.52. The SMILES string of the molecule is CC(C)(C)C(C)(C)C(N)=O.CC(C)C(C)(C(N)=O)C(C)C.CC(C)C(C)(C)C(N)=O. The first kappa shape index (κ1) is 33.1.